The Balaban J connectivity index is 1.75. The van der Waals surface area contributed by atoms with E-state index in [1.54, 1.807) is 37.6 Å². The molecule has 0 saturated heterocycles. The van der Waals surface area contributed by atoms with E-state index in [1.165, 1.54) is 18.7 Å². The molecule has 0 unspecified atom stereocenters. The van der Waals surface area contributed by atoms with Crippen LogP contribution in [0.4, 0.5) is 11.6 Å². The molecule has 0 fully saturated rings. The van der Waals surface area contributed by atoms with Gasteiger partial charge >= 0.3 is 0 Å². The molecule has 3 N–H and O–H groups in total. The highest BCUT2D eigenvalue weighted by Crippen LogP contribution is 2.32. The molecule has 1 amide bonds. The van der Waals surface area contributed by atoms with Crippen molar-refractivity contribution in [2.24, 2.45) is 0 Å². The van der Waals surface area contributed by atoms with E-state index in [1.807, 2.05) is 6.07 Å². The number of nitrogen functional groups attached to an aromatic ring is 1. The lowest BCUT2D eigenvalue weighted by Crippen LogP contribution is -2.30. The number of hydrogen-bond donors (Lipinski definition) is 2. The Bertz CT molecular complexity index is 961. The molecule has 10 heteroatoms. The molecule has 0 radical (unpaired) electrons. The Morgan fingerprint density at radius 2 is 2.04 bits per heavy atom. The van der Waals surface area contributed by atoms with E-state index in [9.17, 15) is 4.79 Å². The van der Waals surface area contributed by atoms with Crippen LogP contribution >= 0.6 is 11.8 Å². The zero-order valence-electron chi connectivity index (χ0n) is 15.2. The third kappa shape index (κ3) is 4.05. The minimum Gasteiger partial charge on any atom is -0.493 e. The van der Waals surface area contributed by atoms with Crippen LogP contribution in [0.3, 0.4) is 0 Å². The maximum atomic E-state index is 12.1. The standard InChI is InChI=1S/C17H20N6O3S/c1-10(24)23(11-4-5-12(25-2)13(8-11)26-3)6-7-27-16-14-15(20-9-19-14)21-17(18)22-16/h4-5,8-9H,6-7H2,1-3H3,(H3,18,19,20,21,22). The summed E-state index contributed by atoms with van der Waals surface area (Å²) >= 11 is 1.47. The van der Waals surface area contributed by atoms with Crippen LogP contribution in [0.25, 0.3) is 11.2 Å². The SMILES string of the molecule is COc1ccc(N(CCSc2nc(N)nc3nc[nH]c23)C(C)=O)cc1OC. The summed E-state index contributed by atoms with van der Waals surface area (Å²) in [5.41, 5.74) is 7.72. The highest BCUT2D eigenvalue weighted by molar-refractivity contribution is 7.99. The number of nitrogens with two attached hydrogens (primary N) is 1. The summed E-state index contributed by atoms with van der Waals surface area (Å²) in [4.78, 5) is 29.3. The van der Waals surface area contributed by atoms with Gasteiger partial charge in [-0.1, -0.05) is 0 Å². The minimum atomic E-state index is -0.0725. The van der Waals surface area contributed by atoms with Gasteiger partial charge in [-0.05, 0) is 12.1 Å². The number of nitrogens with zero attached hydrogens (tertiary/aromatic N) is 4. The van der Waals surface area contributed by atoms with Gasteiger partial charge < -0.3 is 25.1 Å². The smallest absolute Gasteiger partial charge is 0.223 e. The van der Waals surface area contributed by atoms with Crippen molar-refractivity contribution in [3.8, 4) is 11.5 Å². The number of aromatic amines is 1. The number of carbonyl (C=O) groups excluding carboxylic acids is 1. The molecule has 9 nitrogen and oxygen atoms in total. The van der Waals surface area contributed by atoms with Crippen molar-refractivity contribution in [1.82, 2.24) is 19.9 Å². The van der Waals surface area contributed by atoms with E-state index in [4.69, 9.17) is 15.2 Å². The van der Waals surface area contributed by atoms with Crippen LogP contribution in [-0.4, -0.2) is 52.4 Å². The van der Waals surface area contributed by atoms with Crippen LogP contribution in [0.1, 0.15) is 6.92 Å². The number of H-pyrrole nitrogens is 1. The number of imidazole rings is 1. The molecular formula is C17H20N6O3S. The van der Waals surface area contributed by atoms with Crippen molar-refractivity contribution < 1.29 is 14.3 Å². The predicted octanol–water partition coefficient (Wildman–Crippen LogP) is 2.10. The van der Waals surface area contributed by atoms with Crippen LogP contribution in [0, 0.1) is 0 Å². The van der Waals surface area contributed by atoms with E-state index in [0.29, 0.717) is 34.5 Å². The normalized spacial score (nSPS) is 10.8. The van der Waals surface area contributed by atoms with Gasteiger partial charge in [-0.2, -0.15) is 4.98 Å². The minimum absolute atomic E-state index is 0.0725. The number of benzene rings is 1. The van der Waals surface area contributed by atoms with Crippen LogP contribution in [-0.2, 0) is 4.79 Å². The molecule has 0 aliphatic carbocycles. The summed E-state index contributed by atoms with van der Waals surface area (Å²) in [6.45, 7) is 2.01. The van der Waals surface area contributed by atoms with Crippen molar-refractivity contribution in [2.45, 2.75) is 11.9 Å². The number of thioether (sulfide) groups is 1. The van der Waals surface area contributed by atoms with E-state index in [2.05, 4.69) is 19.9 Å². The van der Waals surface area contributed by atoms with Gasteiger partial charge in [-0.3, -0.25) is 4.79 Å². The molecule has 0 bridgehead atoms. The zero-order valence-corrected chi connectivity index (χ0v) is 16.0. The summed E-state index contributed by atoms with van der Waals surface area (Å²) in [5.74, 6) is 1.88. The molecular weight excluding hydrogens is 368 g/mol. The molecule has 3 aromatic rings. The Morgan fingerprint density at radius 1 is 1.26 bits per heavy atom. The number of hydrogen-bond acceptors (Lipinski definition) is 8. The van der Waals surface area contributed by atoms with E-state index in [-0.39, 0.29) is 11.9 Å². The molecule has 0 aliphatic heterocycles. The van der Waals surface area contributed by atoms with Gasteiger partial charge in [0.05, 0.1) is 20.5 Å². The van der Waals surface area contributed by atoms with Crippen LogP contribution in [0.15, 0.2) is 29.6 Å². The molecule has 0 spiro atoms. The lowest BCUT2D eigenvalue weighted by molar-refractivity contribution is -0.116. The number of rotatable bonds is 7. The van der Waals surface area contributed by atoms with Gasteiger partial charge in [-0.15, -0.1) is 11.8 Å². The molecule has 2 heterocycles. The van der Waals surface area contributed by atoms with Crippen molar-refractivity contribution >= 4 is 40.5 Å². The fraction of sp³-hybridized carbons (Fsp3) is 0.294. The fourth-order valence-electron chi connectivity index (χ4n) is 2.62. The fourth-order valence-corrected chi connectivity index (χ4v) is 3.54. The Labute approximate surface area is 160 Å². The molecule has 0 atom stereocenters. The van der Waals surface area contributed by atoms with Crippen molar-refractivity contribution in [3.63, 3.8) is 0 Å². The highest BCUT2D eigenvalue weighted by atomic mass is 32.2. The highest BCUT2D eigenvalue weighted by Gasteiger charge is 2.16. The van der Waals surface area contributed by atoms with Crippen LogP contribution in [0.5, 0.6) is 11.5 Å². The molecule has 27 heavy (non-hydrogen) atoms. The lowest BCUT2D eigenvalue weighted by atomic mass is 10.2. The number of ether oxygens (including phenoxy) is 2. The maximum absolute atomic E-state index is 12.1. The van der Waals surface area contributed by atoms with Crippen molar-refractivity contribution in [2.75, 3.05) is 37.2 Å². The average molecular weight is 388 g/mol. The van der Waals surface area contributed by atoms with Gasteiger partial charge in [0.2, 0.25) is 11.9 Å². The molecule has 142 valence electrons. The van der Waals surface area contributed by atoms with Crippen LogP contribution in [0.2, 0.25) is 0 Å². The summed E-state index contributed by atoms with van der Waals surface area (Å²) in [7, 11) is 3.13. The quantitative estimate of drug-likeness (QED) is 0.466. The second kappa shape index (κ2) is 8.12. The molecule has 1 aromatic carbocycles. The Kier molecular flexibility index (Phi) is 5.65. The number of nitrogens with one attached hydrogen (secondary N) is 1. The van der Waals surface area contributed by atoms with Crippen molar-refractivity contribution in [3.05, 3.63) is 24.5 Å². The second-order valence-corrected chi connectivity index (χ2v) is 6.63. The number of aromatic nitrogens is 4. The third-order valence-electron chi connectivity index (χ3n) is 3.88. The molecule has 2 aromatic heterocycles. The number of amides is 1. The topological polar surface area (TPSA) is 119 Å². The van der Waals surface area contributed by atoms with E-state index in [0.717, 1.165) is 11.2 Å². The zero-order chi connectivity index (χ0) is 19.4. The van der Waals surface area contributed by atoms with Gasteiger partial charge in [0.1, 0.15) is 10.5 Å². The maximum Gasteiger partial charge on any atom is 0.223 e. The van der Waals surface area contributed by atoms with Gasteiger partial charge in [0, 0.05) is 31.0 Å². The number of anilines is 2. The summed E-state index contributed by atoms with van der Waals surface area (Å²) in [5, 5.41) is 0.700. The average Bonchev–Trinajstić information content (AvgIpc) is 3.12. The Morgan fingerprint density at radius 3 is 2.74 bits per heavy atom. The predicted molar refractivity (Wildman–Crippen MR) is 104 cm³/mol. The summed E-state index contributed by atoms with van der Waals surface area (Å²) < 4.78 is 10.6. The van der Waals surface area contributed by atoms with Gasteiger partial charge in [0.25, 0.3) is 0 Å². The third-order valence-corrected chi connectivity index (χ3v) is 4.84. The lowest BCUT2D eigenvalue weighted by Gasteiger charge is -2.22. The first-order valence-electron chi connectivity index (χ1n) is 8.13. The largest absolute Gasteiger partial charge is 0.493 e. The van der Waals surface area contributed by atoms with E-state index < -0.39 is 0 Å². The summed E-state index contributed by atoms with van der Waals surface area (Å²) in [6.07, 6.45) is 1.55. The van der Waals surface area contributed by atoms with Crippen LogP contribution < -0.4 is 20.1 Å². The molecule has 3 rings (SSSR count). The van der Waals surface area contributed by atoms with E-state index >= 15 is 0 Å². The number of methoxy groups -OCH3 is 2. The monoisotopic (exact) mass is 388 g/mol. The number of fused-ring (bicyclic) bond motifs is 1. The number of carbonyl (C=O) groups is 1. The first kappa shape index (κ1) is 18.8. The first-order valence-corrected chi connectivity index (χ1v) is 9.11. The Hall–Kier alpha value is -3.01. The van der Waals surface area contributed by atoms with Gasteiger partial charge in [0.15, 0.2) is 17.1 Å². The summed E-state index contributed by atoms with van der Waals surface area (Å²) in [6, 6.07) is 5.38. The van der Waals surface area contributed by atoms with Gasteiger partial charge in [-0.25, -0.2) is 9.97 Å². The molecule has 0 saturated carbocycles. The molecule has 0 aliphatic rings. The van der Waals surface area contributed by atoms with Crippen molar-refractivity contribution in [1.29, 1.82) is 0 Å². The first-order chi connectivity index (χ1) is 13.0. The second-order valence-electron chi connectivity index (χ2n) is 5.55.